The summed E-state index contributed by atoms with van der Waals surface area (Å²) in [5, 5.41) is 16.6. The van der Waals surface area contributed by atoms with Gasteiger partial charge < -0.3 is 4.55 Å². The van der Waals surface area contributed by atoms with Crippen LogP contribution < -0.4 is 0 Å². The zero-order chi connectivity index (χ0) is 18.9. The number of fused-ring (bicyclic) bond motifs is 2. The van der Waals surface area contributed by atoms with Crippen molar-refractivity contribution in [3.05, 3.63) is 34.8 Å². The average Bonchev–Trinajstić information content (AvgIpc) is 2.88. The molecular formula is C17H19N3O4S. The molecule has 0 heterocycles. The highest BCUT2D eigenvalue weighted by atomic mass is 32.2. The van der Waals surface area contributed by atoms with Crippen LogP contribution in [-0.2, 0) is 14.9 Å². The van der Waals surface area contributed by atoms with Crippen molar-refractivity contribution in [2.24, 2.45) is 16.7 Å². The van der Waals surface area contributed by atoms with Crippen LogP contribution in [0.4, 0.5) is 5.69 Å². The van der Waals surface area contributed by atoms with Crippen LogP contribution in [0.25, 0.3) is 4.98 Å². The Morgan fingerprint density at radius 2 is 1.92 bits per heavy atom. The smallest absolute Gasteiger partial charge is 0.385 e. The fourth-order valence-corrected chi connectivity index (χ4v) is 5.29. The molecule has 2 aliphatic carbocycles. The molecule has 0 N–H and O–H groups in total. The summed E-state index contributed by atoms with van der Waals surface area (Å²) in [7, 11) is -4.33. The van der Waals surface area contributed by atoms with E-state index < -0.39 is 21.3 Å². The second-order valence-corrected chi connectivity index (χ2v) is 8.53. The van der Waals surface area contributed by atoms with E-state index in [1.165, 1.54) is 0 Å². The van der Waals surface area contributed by atoms with Crippen molar-refractivity contribution >= 4 is 21.6 Å². The third-order valence-electron chi connectivity index (χ3n) is 5.67. The number of Topliss-reactive ketones (excluding diaryl/α,β-unsaturated/α-hetero) is 1. The molecule has 3 rings (SSSR count). The molecule has 8 heteroatoms. The third-order valence-corrected chi connectivity index (χ3v) is 6.52. The monoisotopic (exact) mass is 361 g/mol. The van der Waals surface area contributed by atoms with Gasteiger partial charge in [0.1, 0.15) is 5.78 Å². The summed E-state index contributed by atoms with van der Waals surface area (Å²) in [5.74, 6) is -0.280. The largest absolute Gasteiger partial charge is 0.748 e. The summed E-state index contributed by atoms with van der Waals surface area (Å²) in [5.41, 5.74) is -0.203. The second-order valence-electron chi connectivity index (χ2n) is 7.13. The number of diazo groups is 1. The van der Waals surface area contributed by atoms with Gasteiger partial charge in [0.05, 0.1) is 27.5 Å². The van der Waals surface area contributed by atoms with Gasteiger partial charge in [0.15, 0.2) is 4.98 Å². The zero-order valence-electron chi connectivity index (χ0n) is 14.1. The highest BCUT2D eigenvalue weighted by Gasteiger charge is 2.64. The number of hydrogen-bond donors (Lipinski definition) is 0. The number of carbonyl (C=O) groups is 1. The van der Waals surface area contributed by atoms with Crippen LogP contribution in [0.15, 0.2) is 24.3 Å². The van der Waals surface area contributed by atoms with E-state index in [9.17, 15) is 17.8 Å². The van der Waals surface area contributed by atoms with E-state index in [2.05, 4.69) is 4.98 Å². The van der Waals surface area contributed by atoms with E-state index >= 15 is 0 Å². The molecule has 0 saturated heterocycles. The molecule has 2 aliphatic rings. The van der Waals surface area contributed by atoms with Crippen LogP contribution in [0.5, 0.6) is 0 Å². The first-order valence-corrected chi connectivity index (χ1v) is 9.45. The number of nitriles is 1. The molecule has 2 fully saturated rings. The van der Waals surface area contributed by atoms with Gasteiger partial charge in [-0.3, -0.25) is 4.79 Å². The maximum Gasteiger partial charge on any atom is 0.385 e. The Labute approximate surface area is 147 Å². The molecule has 7 nitrogen and oxygen atoms in total. The van der Waals surface area contributed by atoms with Gasteiger partial charge in [-0.25, -0.2) is 8.42 Å². The highest BCUT2D eigenvalue weighted by Crippen LogP contribution is 2.64. The molecular weight excluding hydrogens is 342 g/mol. The Hall–Kier alpha value is -2.29. The standard InChI is InChI=1S/C10H16O4S.C7H4N3/c1-9(2)7-3-4-10(9,8(11)5-7)6-15(12,13)14;8-5-6-1-3-7(10-9)4-2-6/h7H,3-6H2,1-2H3,(H,12,13,14);1-4H/q;+1/p-1/t7-,10-;/m0./s1. The maximum absolute atomic E-state index is 11.8. The number of rotatable bonds is 2. The summed E-state index contributed by atoms with van der Waals surface area (Å²) in [4.78, 5) is 14.8. The van der Waals surface area contributed by atoms with Crippen molar-refractivity contribution in [3.8, 4) is 6.07 Å². The summed E-state index contributed by atoms with van der Waals surface area (Å²) in [6, 6.07) is 8.28. The predicted octanol–water partition coefficient (Wildman–Crippen LogP) is 2.97. The maximum atomic E-state index is 11.8. The summed E-state index contributed by atoms with van der Waals surface area (Å²) in [6.45, 7) is 3.83. The zero-order valence-corrected chi connectivity index (χ0v) is 14.9. The molecule has 1 aromatic carbocycles. The van der Waals surface area contributed by atoms with Gasteiger partial charge in [-0.2, -0.15) is 5.26 Å². The molecule has 0 aromatic heterocycles. The van der Waals surface area contributed by atoms with E-state index in [1.54, 1.807) is 24.3 Å². The Balaban J connectivity index is 0.000000196. The van der Waals surface area contributed by atoms with Gasteiger partial charge in [0.25, 0.3) is 0 Å². The van der Waals surface area contributed by atoms with Crippen LogP contribution in [0, 0.1) is 33.5 Å². The van der Waals surface area contributed by atoms with E-state index in [1.807, 2.05) is 19.9 Å². The minimum Gasteiger partial charge on any atom is -0.748 e. The molecule has 132 valence electrons. The van der Waals surface area contributed by atoms with Gasteiger partial charge in [-0.1, -0.05) is 13.8 Å². The van der Waals surface area contributed by atoms with Crippen molar-refractivity contribution < 1.29 is 17.8 Å². The fourth-order valence-electron chi connectivity index (χ4n) is 4.01. The molecule has 0 amide bonds. The number of carbonyl (C=O) groups excluding carboxylic acids is 1. The normalized spacial score (nSPS) is 26.3. The topological polar surface area (TPSA) is 126 Å². The molecule has 2 atom stereocenters. The number of benzene rings is 1. The lowest BCUT2D eigenvalue weighted by molar-refractivity contribution is -0.128. The van der Waals surface area contributed by atoms with Crippen molar-refractivity contribution in [2.75, 3.05) is 5.75 Å². The third kappa shape index (κ3) is 3.55. The summed E-state index contributed by atoms with van der Waals surface area (Å²) in [6.07, 6.45) is 1.88. The van der Waals surface area contributed by atoms with Gasteiger partial charge in [-0.05, 0) is 36.3 Å². The molecule has 0 unspecified atom stereocenters. The Morgan fingerprint density at radius 3 is 2.28 bits per heavy atom. The minimum absolute atomic E-state index is 0.0248. The van der Waals surface area contributed by atoms with Crippen molar-refractivity contribution in [2.45, 2.75) is 33.1 Å². The van der Waals surface area contributed by atoms with Gasteiger partial charge in [0.2, 0.25) is 5.39 Å². The number of ketones is 1. The van der Waals surface area contributed by atoms with E-state index in [4.69, 9.17) is 10.7 Å². The van der Waals surface area contributed by atoms with Crippen LogP contribution in [0.2, 0.25) is 0 Å². The van der Waals surface area contributed by atoms with E-state index in [0.717, 1.165) is 6.42 Å². The van der Waals surface area contributed by atoms with Crippen LogP contribution >= 0.6 is 0 Å². The summed E-state index contributed by atoms with van der Waals surface area (Å²) < 4.78 is 32.7. The highest BCUT2D eigenvalue weighted by molar-refractivity contribution is 7.85. The quantitative estimate of drug-likeness (QED) is 0.588. The Kier molecular flexibility index (Phi) is 4.99. The van der Waals surface area contributed by atoms with Crippen LogP contribution in [0.1, 0.15) is 38.7 Å². The first kappa shape index (κ1) is 19.0. The lowest BCUT2D eigenvalue weighted by atomic mass is 9.70. The minimum atomic E-state index is -4.33. The SMILES string of the molecule is CC1(C)[C@H]2CC[C@]1(CS(=O)(=O)[O-])C(=O)C2.N#Cc1ccc([N+]#N)cc1. The number of nitrogens with zero attached hydrogens (tertiary/aromatic N) is 3. The molecule has 1 aromatic rings. The van der Waals surface area contributed by atoms with E-state index in [-0.39, 0.29) is 17.1 Å². The second kappa shape index (κ2) is 6.55. The van der Waals surface area contributed by atoms with Crippen molar-refractivity contribution in [1.29, 1.82) is 10.7 Å². The first-order valence-electron chi connectivity index (χ1n) is 7.88. The van der Waals surface area contributed by atoms with Crippen molar-refractivity contribution in [3.63, 3.8) is 0 Å². The molecule has 0 radical (unpaired) electrons. The first-order chi connectivity index (χ1) is 11.6. The van der Waals surface area contributed by atoms with E-state index in [0.29, 0.717) is 24.1 Å². The van der Waals surface area contributed by atoms with Gasteiger partial charge in [-0.15, -0.1) is 0 Å². The van der Waals surface area contributed by atoms with Crippen molar-refractivity contribution in [1.82, 2.24) is 0 Å². The van der Waals surface area contributed by atoms with Crippen LogP contribution in [0.3, 0.4) is 0 Å². The lowest BCUT2D eigenvalue weighted by Crippen LogP contribution is -2.42. The van der Waals surface area contributed by atoms with Gasteiger partial charge in [0, 0.05) is 24.0 Å². The Morgan fingerprint density at radius 1 is 1.32 bits per heavy atom. The molecule has 0 spiro atoms. The molecule has 2 bridgehead atoms. The molecule has 0 aliphatic heterocycles. The van der Waals surface area contributed by atoms with Gasteiger partial charge >= 0.3 is 5.69 Å². The van der Waals surface area contributed by atoms with Crippen LogP contribution in [-0.4, -0.2) is 24.5 Å². The average molecular weight is 361 g/mol. The fraction of sp³-hybridized carbons (Fsp3) is 0.529. The lowest BCUT2D eigenvalue weighted by Gasteiger charge is -2.37. The summed E-state index contributed by atoms with van der Waals surface area (Å²) >= 11 is 0. The number of hydrogen-bond acceptors (Lipinski definition) is 6. The molecule has 25 heavy (non-hydrogen) atoms. The molecule has 2 saturated carbocycles. The Bertz CT molecular complexity index is 830. The predicted molar refractivity (Wildman–Crippen MR) is 89.0 cm³/mol.